The first kappa shape index (κ1) is 36.7. The van der Waals surface area contributed by atoms with Gasteiger partial charge in [0.25, 0.3) is 17.9 Å². The maximum absolute atomic E-state index is 14.9. The summed E-state index contributed by atoms with van der Waals surface area (Å²) in [5, 5.41) is 18.5. The van der Waals surface area contributed by atoms with E-state index in [9.17, 15) is 36.3 Å². The third-order valence-electron chi connectivity index (χ3n) is 9.24. The number of hydrogen-bond donors (Lipinski definition) is 3. The number of pyridine rings is 1. The molecule has 276 valence electrons. The molecule has 1 aliphatic carbocycles. The standard InChI is InChI=1S/C34H34ClF5N8O4/c1-31(2,3)16-33(20-7-9-22-18(13-20)6-10-25(49)46(22)4)28(50)47(29(41)44-33)24(15-52-30(51)45-32(11-12-32)34(38,39)40)19-5-8-21(35)23(14-19)48-27(26(36)37)42-17-43-48/h5-10,13-14,17,24,26H,11-12,15-16H2,1-4H3,(H2,41,44)(H,45,51)/t24-,33-/m1/s1. The summed E-state index contributed by atoms with van der Waals surface area (Å²) in [5.74, 6) is -1.83. The molecule has 2 aromatic carbocycles. The lowest BCUT2D eigenvalue weighted by Crippen LogP contribution is -2.49. The Balaban J connectivity index is 1.45. The van der Waals surface area contributed by atoms with Crippen LogP contribution in [-0.2, 0) is 22.1 Å². The van der Waals surface area contributed by atoms with E-state index in [1.807, 2.05) is 26.1 Å². The molecule has 1 saturated heterocycles. The molecular formula is C34H34ClF5N8O4. The van der Waals surface area contributed by atoms with Crippen molar-refractivity contribution in [2.75, 3.05) is 6.61 Å². The SMILES string of the molecule is Cn1c(=O)ccc2cc([C@@]3(CC(C)(C)C)NC(=N)N([C@H](COC(=O)NC4(C(F)(F)F)CC4)c4ccc(Cl)c(-n5ncnc5C(F)F)c4)C3=O)ccc21. The largest absolute Gasteiger partial charge is 0.447 e. The van der Waals surface area contributed by atoms with Crippen molar-refractivity contribution in [1.82, 2.24) is 34.9 Å². The molecule has 6 rings (SSSR count). The van der Waals surface area contributed by atoms with Crippen molar-refractivity contribution < 1.29 is 36.3 Å². The molecule has 2 fully saturated rings. The van der Waals surface area contributed by atoms with Gasteiger partial charge in [-0.1, -0.05) is 44.5 Å². The molecule has 2 atom stereocenters. The van der Waals surface area contributed by atoms with Crippen molar-refractivity contribution in [1.29, 1.82) is 5.41 Å². The Kier molecular flexibility index (Phi) is 9.08. The zero-order chi connectivity index (χ0) is 38.0. The molecule has 0 bridgehead atoms. The molecule has 2 aromatic heterocycles. The van der Waals surface area contributed by atoms with Crippen LogP contribution in [-0.4, -0.2) is 60.5 Å². The molecule has 0 radical (unpaired) electrons. The number of carbonyl (C=O) groups is 2. The van der Waals surface area contributed by atoms with Crippen molar-refractivity contribution in [3.63, 3.8) is 0 Å². The molecule has 1 saturated carbocycles. The number of guanidine groups is 1. The minimum absolute atomic E-state index is 0.0389. The Labute approximate surface area is 298 Å². The lowest BCUT2D eigenvalue weighted by Gasteiger charge is -2.35. The Bertz CT molecular complexity index is 2140. The van der Waals surface area contributed by atoms with Gasteiger partial charge < -0.3 is 19.9 Å². The van der Waals surface area contributed by atoms with E-state index in [2.05, 4.69) is 15.4 Å². The summed E-state index contributed by atoms with van der Waals surface area (Å²) < 4.78 is 76.1. The molecule has 1 aliphatic heterocycles. The summed E-state index contributed by atoms with van der Waals surface area (Å²) in [6.45, 7) is 4.93. The summed E-state index contributed by atoms with van der Waals surface area (Å²) in [7, 11) is 1.61. The fourth-order valence-corrected chi connectivity index (χ4v) is 6.78. The minimum Gasteiger partial charge on any atom is -0.447 e. The maximum Gasteiger partial charge on any atom is 0.411 e. The van der Waals surface area contributed by atoms with Gasteiger partial charge in [-0.05, 0) is 71.5 Å². The summed E-state index contributed by atoms with van der Waals surface area (Å²) in [6, 6.07) is 10.7. The number of nitrogens with one attached hydrogen (secondary N) is 3. The van der Waals surface area contributed by atoms with Gasteiger partial charge in [0.1, 0.15) is 24.0 Å². The number of rotatable bonds is 9. The van der Waals surface area contributed by atoms with Crippen LogP contribution in [0, 0.1) is 10.8 Å². The molecule has 3 heterocycles. The fraction of sp³-hybridized carbons (Fsp3) is 0.412. The number of alkyl carbamates (subject to hydrolysis) is 1. The van der Waals surface area contributed by atoms with Gasteiger partial charge in [-0.3, -0.25) is 19.9 Å². The van der Waals surface area contributed by atoms with Crippen molar-refractivity contribution in [3.8, 4) is 5.69 Å². The second kappa shape index (κ2) is 12.9. The number of benzene rings is 2. The molecule has 18 heteroatoms. The number of amides is 2. The van der Waals surface area contributed by atoms with E-state index in [4.69, 9.17) is 21.7 Å². The topological polar surface area (TPSA) is 147 Å². The van der Waals surface area contributed by atoms with E-state index in [0.717, 1.165) is 15.9 Å². The maximum atomic E-state index is 14.9. The Morgan fingerprint density at radius 2 is 1.81 bits per heavy atom. The number of carbonyl (C=O) groups excluding carboxylic acids is 2. The van der Waals surface area contributed by atoms with E-state index >= 15 is 0 Å². The monoisotopic (exact) mass is 748 g/mol. The minimum atomic E-state index is -4.73. The van der Waals surface area contributed by atoms with Gasteiger partial charge in [0.05, 0.1) is 22.3 Å². The third-order valence-corrected chi connectivity index (χ3v) is 9.56. The predicted molar refractivity (Wildman–Crippen MR) is 179 cm³/mol. The first-order valence-electron chi connectivity index (χ1n) is 16.1. The van der Waals surface area contributed by atoms with Crippen LogP contribution in [0.3, 0.4) is 0 Å². The normalized spacial score (nSPS) is 19.2. The molecule has 0 unspecified atom stereocenters. The van der Waals surface area contributed by atoms with Crippen LogP contribution >= 0.6 is 11.6 Å². The average molecular weight is 749 g/mol. The lowest BCUT2D eigenvalue weighted by atomic mass is 9.75. The Hall–Kier alpha value is -5.06. The molecule has 0 spiro atoms. The van der Waals surface area contributed by atoms with Gasteiger partial charge in [-0.15, -0.1) is 0 Å². The van der Waals surface area contributed by atoms with Gasteiger partial charge >= 0.3 is 12.3 Å². The first-order chi connectivity index (χ1) is 24.3. The molecule has 12 nitrogen and oxygen atoms in total. The summed E-state index contributed by atoms with van der Waals surface area (Å²) in [6.07, 6.45) is -8.82. The highest BCUT2D eigenvalue weighted by molar-refractivity contribution is 6.32. The van der Waals surface area contributed by atoms with Crippen LogP contribution in [0.5, 0.6) is 0 Å². The van der Waals surface area contributed by atoms with Crippen molar-refractivity contribution >= 4 is 40.5 Å². The van der Waals surface area contributed by atoms with Crippen LogP contribution < -0.4 is 16.2 Å². The van der Waals surface area contributed by atoms with Crippen LogP contribution in [0.15, 0.2) is 59.7 Å². The second-order valence-corrected chi connectivity index (χ2v) is 14.6. The molecular weight excluding hydrogens is 715 g/mol. The number of ether oxygens (including phenoxy) is 1. The highest BCUT2D eigenvalue weighted by Crippen LogP contribution is 2.49. The van der Waals surface area contributed by atoms with Gasteiger partial charge in [0.15, 0.2) is 11.8 Å². The number of aryl methyl sites for hydroxylation is 1. The van der Waals surface area contributed by atoms with Gasteiger partial charge in [0.2, 0.25) is 0 Å². The number of halogens is 6. The van der Waals surface area contributed by atoms with Crippen LogP contribution in [0.1, 0.15) is 69.5 Å². The molecule has 2 amide bonds. The predicted octanol–water partition coefficient (Wildman–Crippen LogP) is 6.27. The van der Waals surface area contributed by atoms with Crippen molar-refractivity contribution in [3.05, 3.63) is 87.2 Å². The Morgan fingerprint density at radius 1 is 1.10 bits per heavy atom. The number of fused-ring (bicyclic) bond motifs is 1. The Morgan fingerprint density at radius 3 is 2.44 bits per heavy atom. The van der Waals surface area contributed by atoms with Crippen molar-refractivity contribution in [2.24, 2.45) is 12.5 Å². The molecule has 3 N–H and O–H groups in total. The highest BCUT2D eigenvalue weighted by Gasteiger charge is 2.64. The smallest absolute Gasteiger partial charge is 0.411 e. The average Bonchev–Trinajstić information content (AvgIpc) is 3.60. The summed E-state index contributed by atoms with van der Waals surface area (Å²) >= 11 is 6.41. The molecule has 2 aliphatic rings. The number of hydrogen-bond acceptors (Lipinski definition) is 7. The third kappa shape index (κ3) is 6.57. The van der Waals surface area contributed by atoms with Crippen LogP contribution in [0.25, 0.3) is 16.6 Å². The van der Waals surface area contributed by atoms with E-state index < -0.39 is 65.5 Å². The van der Waals surface area contributed by atoms with E-state index in [1.165, 1.54) is 28.8 Å². The van der Waals surface area contributed by atoms with E-state index in [0.29, 0.717) is 16.5 Å². The quantitative estimate of drug-likeness (QED) is 0.171. The first-order valence-corrected chi connectivity index (χ1v) is 16.4. The van der Waals surface area contributed by atoms with Gasteiger partial charge in [-0.25, -0.2) is 23.2 Å². The zero-order valence-electron chi connectivity index (χ0n) is 28.3. The lowest BCUT2D eigenvalue weighted by molar-refractivity contribution is -0.164. The van der Waals surface area contributed by atoms with Crippen LogP contribution in [0.2, 0.25) is 5.02 Å². The summed E-state index contributed by atoms with van der Waals surface area (Å²) in [4.78, 5) is 44.7. The number of aromatic nitrogens is 4. The number of alkyl halides is 5. The highest BCUT2D eigenvalue weighted by atomic mass is 35.5. The van der Waals surface area contributed by atoms with Crippen LogP contribution in [0.4, 0.5) is 26.7 Å². The number of nitrogens with zero attached hydrogens (tertiary/aromatic N) is 5. The summed E-state index contributed by atoms with van der Waals surface area (Å²) in [5.41, 5.74) is -3.72. The van der Waals surface area contributed by atoms with Gasteiger partial charge in [-0.2, -0.15) is 18.3 Å². The van der Waals surface area contributed by atoms with E-state index in [1.54, 1.807) is 31.3 Å². The second-order valence-electron chi connectivity index (χ2n) is 14.2. The fourth-order valence-electron chi connectivity index (χ4n) is 6.58. The van der Waals surface area contributed by atoms with Crippen molar-refractivity contribution in [2.45, 2.75) is 69.8 Å². The van der Waals surface area contributed by atoms with E-state index in [-0.39, 0.29) is 41.1 Å². The van der Waals surface area contributed by atoms with Gasteiger partial charge in [0, 0.05) is 13.1 Å². The molecule has 4 aromatic rings. The molecule has 52 heavy (non-hydrogen) atoms. The zero-order valence-corrected chi connectivity index (χ0v) is 29.1.